The Morgan fingerprint density at radius 3 is 0.889 bits per heavy atom. The molecular formula is C55H84O15P2. The minimum atomic E-state index is -4.83. The number of rotatable bonds is 45. The van der Waals surface area contributed by atoms with Gasteiger partial charge in [0.05, 0.1) is 32.8 Å². The van der Waals surface area contributed by atoms with Crippen molar-refractivity contribution in [1.82, 2.24) is 0 Å². The molecule has 5 N–H and O–H groups in total. The summed E-state index contributed by atoms with van der Waals surface area (Å²) < 4.78 is 52.8. The van der Waals surface area contributed by atoms with Gasteiger partial charge in [0.1, 0.15) is 31.5 Å². The summed E-state index contributed by atoms with van der Waals surface area (Å²) in [5.74, 6) is -1.22. The van der Waals surface area contributed by atoms with Crippen LogP contribution in [0.4, 0.5) is 0 Å². The molecule has 0 aliphatic heterocycles. The highest BCUT2D eigenvalue weighted by Crippen LogP contribution is 2.45. The van der Waals surface area contributed by atoms with Gasteiger partial charge in [-0.25, -0.2) is 9.13 Å². The quantitative estimate of drug-likeness (QED) is 0.0217. The average Bonchev–Trinajstić information content (AvgIpc) is 3.36. The zero-order valence-corrected chi connectivity index (χ0v) is 44.3. The van der Waals surface area contributed by atoms with Crippen LogP contribution in [0.5, 0.6) is 0 Å². The summed E-state index contributed by atoms with van der Waals surface area (Å²) in [5.41, 5.74) is 0. The Morgan fingerprint density at radius 2 is 0.597 bits per heavy atom. The van der Waals surface area contributed by atoms with E-state index in [1.165, 1.54) is 0 Å². The number of esters is 2. The second kappa shape index (κ2) is 48.9. The zero-order chi connectivity index (χ0) is 53.1. The molecule has 0 saturated carbocycles. The Kier molecular flexibility index (Phi) is 46.0. The number of aliphatic hydroxyl groups excluding tert-OH is 3. The molecule has 0 aliphatic rings. The van der Waals surface area contributed by atoms with Crippen LogP contribution in [0.25, 0.3) is 0 Å². The second-order valence-corrected chi connectivity index (χ2v) is 18.6. The Balaban J connectivity index is 4.07. The summed E-state index contributed by atoms with van der Waals surface area (Å²) >= 11 is 0. The van der Waals surface area contributed by atoms with E-state index in [1.807, 2.05) is 30.4 Å². The minimum Gasteiger partial charge on any atom is -0.463 e. The van der Waals surface area contributed by atoms with Crippen molar-refractivity contribution in [3.63, 3.8) is 0 Å². The van der Waals surface area contributed by atoms with E-state index in [2.05, 4.69) is 147 Å². The van der Waals surface area contributed by atoms with E-state index in [9.17, 15) is 43.8 Å². The van der Waals surface area contributed by atoms with Crippen LogP contribution in [0.1, 0.15) is 117 Å². The molecule has 0 rings (SSSR count). The van der Waals surface area contributed by atoms with E-state index in [4.69, 9.17) is 9.47 Å². The molecule has 0 aromatic rings. The maximum atomic E-state index is 12.2. The van der Waals surface area contributed by atoms with Gasteiger partial charge in [-0.05, 0) is 89.9 Å². The topological polar surface area (TPSA) is 225 Å². The fraction of sp³-hybridized carbons (Fsp3) is 0.491. The van der Waals surface area contributed by atoms with Gasteiger partial charge in [-0.2, -0.15) is 0 Å². The molecule has 0 heterocycles. The van der Waals surface area contributed by atoms with Crippen molar-refractivity contribution >= 4 is 27.6 Å². The Morgan fingerprint density at radius 1 is 0.361 bits per heavy atom. The standard InChI is InChI=1S/C55H84O15P2/c1-3-5-7-9-11-13-15-17-19-21-23-24-26-28-30-32-34-36-38-40-42-44-55(60)66-46-52(57)48-68-72(63,64)70-50-53(58)49-69-71(61,62)67-47-51(56)45-65-54(59)43-41-39-37-35-33-31-29-27-25-22-20-18-16-14-12-10-8-6-4-2/h5-8,11-14,17-20,23-25,27-28,30-31,33-34,36-37,39-40,42,51-53,56-58H,3-4,9-10,15-16,21-22,26,29,32,35,38,41,43-50H2,1-2H3,(H,61,62)(H,63,64)/b7-5-,8-6-,13-11-,14-12-,19-17-,20-18-,24-23-,27-25-,30-28-,33-31-,36-34-,39-37-,42-40-. The third-order valence-corrected chi connectivity index (χ3v) is 10.9. The third kappa shape index (κ3) is 50.6. The lowest BCUT2D eigenvalue weighted by atomic mass is 10.2. The number of allylic oxidation sites excluding steroid dienone is 25. The van der Waals surface area contributed by atoms with E-state index in [-0.39, 0.29) is 12.8 Å². The summed E-state index contributed by atoms with van der Waals surface area (Å²) in [7, 11) is -9.65. The van der Waals surface area contributed by atoms with Crippen LogP contribution in [0.2, 0.25) is 0 Å². The Bertz CT molecular complexity index is 1890. The van der Waals surface area contributed by atoms with Gasteiger partial charge >= 0.3 is 27.6 Å². The van der Waals surface area contributed by atoms with Crippen molar-refractivity contribution in [1.29, 1.82) is 0 Å². The van der Waals surface area contributed by atoms with Gasteiger partial charge in [0.2, 0.25) is 0 Å². The van der Waals surface area contributed by atoms with Crippen LogP contribution in [0.15, 0.2) is 158 Å². The fourth-order valence-electron chi connectivity index (χ4n) is 5.26. The first-order valence-electron chi connectivity index (χ1n) is 24.8. The monoisotopic (exact) mass is 1050 g/mol. The number of phosphoric acid groups is 2. The molecule has 0 fully saturated rings. The molecule has 15 nitrogen and oxygen atoms in total. The summed E-state index contributed by atoms with van der Waals surface area (Å²) in [6.45, 7) is -0.0667. The number of hydrogen-bond donors (Lipinski definition) is 5. The van der Waals surface area contributed by atoms with Crippen molar-refractivity contribution in [2.75, 3.05) is 39.6 Å². The molecule has 0 aromatic carbocycles. The molecule has 0 bridgehead atoms. The number of aliphatic hydroxyl groups is 3. The van der Waals surface area contributed by atoms with Gasteiger partial charge in [0, 0.05) is 6.42 Å². The van der Waals surface area contributed by atoms with E-state index < -0.39 is 85.5 Å². The number of carbonyl (C=O) groups excluding carboxylic acids is 2. The molecule has 17 heteroatoms. The Hall–Kier alpha value is -4.34. The molecule has 5 atom stereocenters. The third-order valence-electron chi connectivity index (χ3n) is 9.03. The van der Waals surface area contributed by atoms with Crippen LogP contribution in [0.3, 0.4) is 0 Å². The van der Waals surface area contributed by atoms with E-state index in [0.717, 1.165) is 70.6 Å². The predicted molar refractivity (Wildman–Crippen MR) is 287 cm³/mol. The molecule has 404 valence electrons. The first kappa shape index (κ1) is 67.7. The van der Waals surface area contributed by atoms with Crippen LogP contribution in [0, 0.1) is 0 Å². The minimum absolute atomic E-state index is 0.0492. The van der Waals surface area contributed by atoms with Gasteiger partial charge in [0.25, 0.3) is 0 Å². The van der Waals surface area contributed by atoms with Crippen molar-refractivity contribution < 1.29 is 71.4 Å². The molecule has 5 unspecified atom stereocenters. The lowest BCUT2D eigenvalue weighted by Crippen LogP contribution is -2.25. The summed E-state index contributed by atoms with van der Waals surface area (Å²) in [5, 5.41) is 30.0. The second-order valence-electron chi connectivity index (χ2n) is 15.7. The van der Waals surface area contributed by atoms with E-state index in [1.54, 1.807) is 12.2 Å². The van der Waals surface area contributed by atoms with Crippen LogP contribution < -0.4 is 0 Å². The van der Waals surface area contributed by atoms with Crippen molar-refractivity contribution in [3.05, 3.63) is 158 Å². The number of ether oxygens (including phenoxy) is 2. The lowest BCUT2D eigenvalue weighted by molar-refractivity contribution is -0.147. The highest BCUT2D eigenvalue weighted by molar-refractivity contribution is 7.47. The molecule has 0 aromatic heterocycles. The summed E-state index contributed by atoms with van der Waals surface area (Å²) in [6, 6.07) is 0. The van der Waals surface area contributed by atoms with Gasteiger partial charge in [-0.15, -0.1) is 0 Å². The fourth-order valence-corrected chi connectivity index (χ4v) is 6.85. The maximum absolute atomic E-state index is 12.2. The van der Waals surface area contributed by atoms with Gasteiger partial charge in [-0.1, -0.05) is 172 Å². The smallest absolute Gasteiger partial charge is 0.463 e. The van der Waals surface area contributed by atoms with Crippen LogP contribution in [-0.4, -0.2) is 95.0 Å². The largest absolute Gasteiger partial charge is 0.472 e. The SMILES string of the molecule is CC/C=C\C/C=C\C/C=C\C/C=C\C/C=C\C/C=C\C/C=C\CC(=O)OCC(O)COP(=O)(O)OCC(O)COP(=O)(O)OCC(O)COC(=O)CC/C=C\C/C=C\C/C=C\C/C=C\C/C=C\C/C=C\CC. The van der Waals surface area contributed by atoms with Gasteiger partial charge < -0.3 is 34.6 Å². The number of carbonyl (C=O) groups is 2. The first-order chi connectivity index (χ1) is 34.8. The molecule has 0 aliphatic carbocycles. The lowest BCUT2D eigenvalue weighted by Gasteiger charge is -2.19. The Labute approximate surface area is 430 Å². The average molecular weight is 1050 g/mol. The normalized spacial score (nSPS) is 16.2. The predicted octanol–water partition coefficient (Wildman–Crippen LogP) is 11.9. The summed E-state index contributed by atoms with van der Waals surface area (Å²) in [4.78, 5) is 43.7. The first-order valence-corrected chi connectivity index (χ1v) is 27.8. The van der Waals surface area contributed by atoms with Crippen LogP contribution >= 0.6 is 15.6 Å². The zero-order valence-electron chi connectivity index (χ0n) is 42.5. The maximum Gasteiger partial charge on any atom is 0.472 e. The molecule has 0 spiro atoms. The van der Waals surface area contributed by atoms with Crippen LogP contribution in [-0.2, 0) is 46.3 Å². The van der Waals surface area contributed by atoms with Crippen molar-refractivity contribution in [2.45, 2.75) is 135 Å². The molecule has 0 radical (unpaired) electrons. The van der Waals surface area contributed by atoms with Gasteiger partial charge in [-0.3, -0.25) is 27.7 Å². The van der Waals surface area contributed by atoms with Gasteiger partial charge in [0.15, 0.2) is 0 Å². The molecule has 0 amide bonds. The highest BCUT2D eigenvalue weighted by Gasteiger charge is 2.28. The van der Waals surface area contributed by atoms with E-state index >= 15 is 0 Å². The summed E-state index contributed by atoms with van der Waals surface area (Å²) in [6.07, 6.45) is 61.3. The molecule has 72 heavy (non-hydrogen) atoms. The van der Waals surface area contributed by atoms with Crippen molar-refractivity contribution in [3.8, 4) is 0 Å². The molecular weight excluding hydrogens is 963 g/mol. The van der Waals surface area contributed by atoms with Crippen molar-refractivity contribution in [2.24, 2.45) is 0 Å². The van der Waals surface area contributed by atoms with E-state index in [0.29, 0.717) is 19.3 Å². The number of hydrogen-bond acceptors (Lipinski definition) is 13. The highest BCUT2D eigenvalue weighted by atomic mass is 31.2. The number of phosphoric ester groups is 2. The molecule has 0 saturated heterocycles.